The molecule has 5 heteroatoms. The van der Waals surface area contributed by atoms with Crippen LogP contribution in [0.4, 0.5) is 0 Å². The Morgan fingerprint density at radius 1 is 1.17 bits per heavy atom. The van der Waals surface area contributed by atoms with Crippen molar-refractivity contribution in [3.8, 4) is 5.75 Å². The van der Waals surface area contributed by atoms with E-state index in [2.05, 4.69) is 20.8 Å². The third kappa shape index (κ3) is 6.99. The van der Waals surface area contributed by atoms with Crippen LogP contribution in [0.15, 0.2) is 18.2 Å². The smallest absolute Gasteiger partial charge is 0.313 e. The Balaban J connectivity index is 2.62. The lowest BCUT2D eigenvalue weighted by Crippen LogP contribution is -2.17. The molecule has 1 atom stereocenters. The Morgan fingerprint density at radius 2 is 1.87 bits per heavy atom. The predicted octanol–water partition coefficient (Wildman–Crippen LogP) is 4.97. The van der Waals surface area contributed by atoms with Gasteiger partial charge in [0, 0.05) is 11.7 Å². The fourth-order valence-electron chi connectivity index (χ4n) is 2.10. The molecule has 0 saturated heterocycles. The number of esters is 1. The molecule has 23 heavy (non-hydrogen) atoms. The largest absolute Gasteiger partial charge is 0.426 e. The molecule has 0 aliphatic rings. The summed E-state index contributed by atoms with van der Waals surface area (Å²) in [6.07, 6.45) is 1.05. The van der Waals surface area contributed by atoms with E-state index in [4.69, 9.17) is 13.8 Å². The topological polar surface area (TPSA) is 44.8 Å². The first-order valence-corrected chi connectivity index (χ1v) is 9.49. The Bertz CT molecular complexity index is 508. The molecular formula is C18H29O4P. The van der Waals surface area contributed by atoms with Gasteiger partial charge in [-0.15, -0.1) is 0 Å². The molecule has 0 fully saturated rings. The van der Waals surface area contributed by atoms with Crippen molar-refractivity contribution in [3.63, 3.8) is 0 Å². The second-order valence-corrected chi connectivity index (χ2v) is 8.19. The van der Waals surface area contributed by atoms with Crippen LogP contribution in [0.2, 0.25) is 0 Å². The van der Waals surface area contributed by atoms with Crippen LogP contribution in [-0.2, 0) is 19.3 Å². The van der Waals surface area contributed by atoms with Crippen LogP contribution in [0.1, 0.15) is 52.2 Å². The van der Waals surface area contributed by atoms with Crippen molar-refractivity contribution in [2.75, 3.05) is 19.4 Å². The average molecular weight is 340 g/mol. The van der Waals surface area contributed by atoms with Crippen LogP contribution in [0.5, 0.6) is 5.75 Å². The fourth-order valence-corrected chi connectivity index (χ4v) is 3.12. The van der Waals surface area contributed by atoms with Gasteiger partial charge in [0.1, 0.15) is 5.75 Å². The molecule has 0 radical (unpaired) electrons. The second-order valence-electron chi connectivity index (χ2n) is 6.37. The molecule has 1 unspecified atom stereocenters. The first kappa shape index (κ1) is 20.1. The molecule has 0 amide bonds. The van der Waals surface area contributed by atoms with Crippen molar-refractivity contribution < 1.29 is 18.6 Å². The molecule has 0 spiro atoms. The predicted molar refractivity (Wildman–Crippen MR) is 95.2 cm³/mol. The second kappa shape index (κ2) is 9.36. The number of carbonyl (C=O) groups excluding carboxylic acids is 1. The summed E-state index contributed by atoms with van der Waals surface area (Å²) in [5, 5.41) is 0. The first-order valence-electron chi connectivity index (χ1n) is 8.13. The fraction of sp³-hybridized carbons (Fsp3) is 0.611. The van der Waals surface area contributed by atoms with Crippen molar-refractivity contribution in [2.45, 2.75) is 53.4 Å². The van der Waals surface area contributed by atoms with Crippen LogP contribution in [0.25, 0.3) is 0 Å². The summed E-state index contributed by atoms with van der Waals surface area (Å²) in [4.78, 5) is 12.1. The highest BCUT2D eigenvalue weighted by Gasteiger charge is 2.20. The van der Waals surface area contributed by atoms with E-state index in [0.29, 0.717) is 19.0 Å². The minimum atomic E-state index is -0.886. The van der Waals surface area contributed by atoms with E-state index < -0.39 is 8.38 Å². The third-order valence-electron chi connectivity index (χ3n) is 3.24. The van der Waals surface area contributed by atoms with E-state index in [1.54, 1.807) is 0 Å². The van der Waals surface area contributed by atoms with Crippen molar-refractivity contribution >= 4 is 14.3 Å². The van der Waals surface area contributed by atoms with Gasteiger partial charge in [0.2, 0.25) is 0 Å². The Hall–Kier alpha value is -0.960. The summed E-state index contributed by atoms with van der Waals surface area (Å²) in [7, 11) is -0.886. The molecule has 0 heterocycles. The van der Waals surface area contributed by atoms with Gasteiger partial charge in [-0.05, 0) is 30.9 Å². The molecule has 1 aromatic rings. The summed E-state index contributed by atoms with van der Waals surface area (Å²) in [6.45, 7) is 13.2. The van der Waals surface area contributed by atoms with Gasteiger partial charge in [-0.2, -0.15) is 0 Å². The molecule has 0 N–H and O–H groups in total. The SMILES string of the molecule is CCOP(CC)OCCC(=O)Oc1cc(C)ccc1C(C)(C)C. The molecule has 0 bridgehead atoms. The molecule has 0 aliphatic carbocycles. The quantitative estimate of drug-likeness (QED) is 0.381. The zero-order chi connectivity index (χ0) is 17.5. The average Bonchev–Trinajstić information content (AvgIpc) is 2.45. The van der Waals surface area contributed by atoms with E-state index in [9.17, 15) is 4.79 Å². The maximum atomic E-state index is 12.1. The molecule has 0 aromatic heterocycles. The zero-order valence-electron chi connectivity index (χ0n) is 15.1. The summed E-state index contributed by atoms with van der Waals surface area (Å²) in [6, 6.07) is 5.98. The Morgan fingerprint density at radius 3 is 2.43 bits per heavy atom. The summed E-state index contributed by atoms with van der Waals surface area (Å²) in [5.41, 5.74) is 2.02. The van der Waals surface area contributed by atoms with Crippen LogP contribution in [0.3, 0.4) is 0 Å². The monoisotopic (exact) mass is 340 g/mol. The van der Waals surface area contributed by atoms with Crippen molar-refractivity contribution in [2.24, 2.45) is 0 Å². The number of aryl methyl sites for hydroxylation is 1. The molecule has 0 saturated carbocycles. The molecule has 130 valence electrons. The molecular weight excluding hydrogens is 311 g/mol. The van der Waals surface area contributed by atoms with Gasteiger partial charge in [0.25, 0.3) is 0 Å². The van der Waals surface area contributed by atoms with Gasteiger partial charge < -0.3 is 13.8 Å². The highest BCUT2D eigenvalue weighted by molar-refractivity contribution is 7.47. The summed E-state index contributed by atoms with van der Waals surface area (Å²) < 4.78 is 16.6. The van der Waals surface area contributed by atoms with Crippen LogP contribution < -0.4 is 4.74 Å². The molecule has 1 aromatic carbocycles. The van der Waals surface area contributed by atoms with Crippen molar-refractivity contribution in [1.82, 2.24) is 0 Å². The molecule has 0 aliphatic heterocycles. The van der Waals surface area contributed by atoms with E-state index in [-0.39, 0.29) is 17.8 Å². The lowest BCUT2D eigenvalue weighted by Gasteiger charge is -2.22. The number of hydrogen-bond donors (Lipinski definition) is 0. The van der Waals surface area contributed by atoms with Crippen LogP contribution in [-0.4, -0.2) is 25.3 Å². The van der Waals surface area contributed by atoms with Gasteiger partial charge >= 0.3 is 5.97 Å². The molecule has 1 rings (SSSR count). The maximum Gasteiger partial charge on any atom is 0.313 e. The van der Waals surface area contributed by atoms with Gasteiger partial charge in [-0.3, -0.25) is 4.79 Å². The van der Waals surface area contributed by atoms with Crippen molar-refractivity contribution in [1.29, 1.82) is 0 Å². The number of carbonyl (C=O) groups is 1. The maximum absolute atomic E-state index is 12.1. The highest BCUT2D eigenvalue weighted by atomic mass is 31.2. The zero-order valence-corrected chi connectivity index (χ0v) is 16.0. The van der Waals surface area contributed by atoms with E-state index in [1.807, 2.05) is 39.0 Å². The minimum Gasteiger partial charge on any atom is -0.426 e. The van der Waals surface area contributed by atoms with Crippen LogP contribution >= 0.6 is 8.38 Å². The third-order valence-corrected chi connectivity index (χ3v) is 4.77. The minimum absolute atomic E-state index is 0.0781. The lowest BCUT2D eigenvalue weighted by molar-refractivity contribution is -0.135. The first-order chi connectivity index (χ1) is 10.8. The number of benzene rings is 1. The van der Waals surface area contributed by atoms with Gasteiger partial charge in [-0.25, -0.2) is 0 Å². The van der Waals surface area contributed by atoms with Gasteiger partial charge in [-0.1, -0.05) is 39.8 Å². The van der Waals surface area contributed by atoms with E-state index >= 15 is 0 Å². The molecule has 4 nitrogen and oxygen atoms in total. The normalized spacial score (nSPS) is 13.0. The van der Waals surface area contributed by atoms with Gasteiger partial charge in [0.05, 0.1) is 19.6 Å². The van der Waals surface area contributed by atoms with Gasteiger partial charge in [0.15, 0.2) is 8.38 Å². The van der Waals surface area contributed by atoms with Crippen molar-refractivity contribution in [3.05, 3.63) is 29.3 Å². The van der Waals surface area contributed by atoms with E-state index in [0.717, 1.165) is 17.3 Å². The number of hydrogen-bond acceptors (Lipinski definition) is 4. The van der Waals surface area contributed by atoms with E-state index in [1.165, 1.54) is 0 Å². The Kier molecular flexibility index (Phi) is 8.18. The number of rotatable bonds is 8. The highest BCUT2D eigenvalue weighted by Crippen LogP contribution is 2.37. The standard InChI is InChI=1S/C18H29O4P/c1-7-20-23(8-2)21-12-11-17(19)22-16-13-14(3)9-10-15(16)18(4,5)6/h9-10,13H,7-8,11-12H2,1-6H3. The summed E-state index contributed by atoms with van der Waals surface area (Å²) >= 11 is 0. The van der Waals surface area contributed by atoms with Crippen LogP contribution in [0, 0.1) is 6.92 Å². The lowest BCUT2D eigenvalue weighted by atomic mass is 9.86. The Labute approximate surface area is 141 Å². The number of ether oxygens (including phenoxy) is 1. The summed E-state index contributed by atoms with van der Waals surface area (Å²) in [5.74, 6) is 0.369.